The minimum absolute atomic E-state index is 0.610. The van der Waals surface area contributed by atoms with Crippen LogP contribution in [-0.4, -0.2) is 10.1 Å². The van der Waals surface area contributed by atoms with E-state index in [0.29, 0.717) is 5.92 Å². The number of thioether (sulfide) groups is 1. The highest BCUT2D eigenvalue weighted by atomic mass is 32.2. The van der Waals surface area contributed by atoms with Crippen LogP contribution in [0.5, 0.6) is 0 Å². The van der Waals surface area contributed by atoms with E-state index in [2.05, 4.69) is 22.7 Å². The van der Waals surface area contributed by atoms with E-state index < -0.39 is 0 Å². The number of nitrogens with zero attached hydrogens (tertiary/aromatic N) is 2. The second-order valence-electron chi connectivity index (χ2n) is 5.14. The zero-order valence-electron chi connectivity index (χ0n) is 11.4. The Kier molecular flexibility index (Phi) is 3.53. The quantitative estimate of drug-likeness (QED) is 0.623. The molecular weight excluding hydrogens is 300 g/mol. The van der Waals surface area contributed by atoms with E-state index >= 15 is 0 Å². The molecule has 5 heteroatoms. The fourth-order valence-electron chi connectivity index (χ4n) is 2.26. The second-order valence-corrected chi connectivity index (χ2v) is 7.22. The standard InChI is InChI=1S/C16H14N2OS2/c1-2-4-11(5-3-1)14-10-21-16(18-14)20-9-13-8-17-19-15(13)12-6-7-12/h1-5,8,10,12H,6-7,9H2. The molecule has 0 N–H and O–H groups in total. The first-order valence-corrected chi connectivity index (χ1v) is 8.84. The molecule has 21 heavy (non-hydrogen) atoms. The van der Waals surface area contributed by atoms with Crippen molar-refractivity contribution in [1.82, 2.24) is 10.1 Å². The fraction of sp³-hybridized carbons (Fsp3) is 0.250. The third-order valence-corrected chi connectivity index (χ3v) is 5.60. The molecule has 0 bridgehead atoms. The van der Waals surface area contributed by atoms with Crippen LogP contribution >= 0.6 is 23.1 Å². The highest BCUT2D eigenvalue weighted by Crippen LogP contribution is 2.43. The molecule has 0 saturated heterocycles. The lowest BCUT2D eigenvalue weighted by atomic mass is 10.2. The van der Waals surface area contributed by atoms with Gasteiger partial charge in [0.25, 0.3) is 0 Å². The van der Waals surface area contributed by atoms with Gasteiger partial charge in [0.15, 0.2) is 4.34 Å². The Balaban J connectivity index is 1.46. The van der Waals surface area contributed by atoms with E-state index in [1.165, 1.54) is 24.0 Å². The van der Waals surface area contributed by atoms with Crippen LogP contribution in [0.25, 0.3) is 11.3 Å². The first-order valence-electron chi connectivity index (χ1n) is 6.97. The van der Waals surface area contributed by atoms with Crippen molar-refractivity contribution in [3.05, 3.63) is 53.2 Å². The van der Waals surface area contributed by atoms with Crippen molar-refractivity contribution in [3.63, 3.8) is 0 Å². The second kappa shape index (κ2) is 5.66. The molecule has 1 saturated carbocycles. The lowest BCUT2D eigenvalue weighted by molar-refractivity contribution is 0.383. The molecule has 4 rings (SSSR count). The lowest BCUT2D eigenvalue weighted by Crippen LogP contribution is -1.84. The summed E-state index contributed by atoms with van der Waals surface area (Å²) in [6.07, 6.45) is 4.33. The van der Waals surface area contributed by atoms with E-state index in [0.717, 1.165) is 21.5 Å². The first-order chi connectivity index (χ1) is 10.4. The summed E-state index contributed by atoms with van der Waals surface area (Å²) in [5, 5.41) is 6.06. The average molecular weight is 314 g/mol. The number of hydrogen-bond donors (Lipinski definition) is 0. The highest BCUT2D eigenvalue weighted by Gasteiger charge is 2.30. The molecule has 2 heterocycles. The summed E-state index contributed by atoms with van der Waals surface area (Å²) in [7, 11) is 0. The van der Waals surface area contributed by atoms with Gasteiger partial charge in [-0.2, -0.15) is 0 Å². The number of aromatic nitrogens is 2. The maximum Gasteiger partial charge on any atom is 0.150 e. The van der Waals surface area contributed by atoms with Crippen LogP contribution in [0.2, 0.25) is 0 Å². The highest BCUT2D eigenvalue weighted by molar-refractivity contribution is 8.00. The molecule has 0 aliphatic heterocycles. The Labute approximate surface area is 131 Å². The van der Waals surface area contributed by atoms with Crippen molar-refractivity contribution in [2.24, 2.45) is 0 Å². The first kappa shape index (κ1) is 13.1. The normalized spacial score (nSPS) is 14.5. The molecule has 106 valence electrons. The molecule has 0 spiro atoms. The molecule has 0 unspecified atom stereocenters. The lowest BCUT2D eigenvalue weighted by Gasteiger charge is -1.98. The predicted octanol–water partition coefficient (Wildman–Crippen LogP) is 4.97. The van der Waals surface area contributed by atoms with Gasteiger partial charge in [0.05, 0.1) is 11.9 Å². The van der Waals surface area contributed by atoms with Crippen LogP contribution < -0.4 is 0 Å². The summed E-state index contributed by atoms with van der Waals surface area (Å²) in [5.74, 6) is 2.58. The SMILES string of the molecule is c1ccc(-c2csc(SCc3cnoc3C3CC3)n2)cc1. The molecule has 0 radical (unpaired) electrons. The Bertz CT molecular complexity index is 732. The van der Waals surface area contributed by atoms with Gasteiger partial charge in [0.1, 0.15) is 5.76 Å². The van der Waals surface area contributed by atoms with Crippen molar-refractivity contribution < 1.29 is 4.52 Å². The molecule has 0 atom stereocenters. The summed E-state index contributed by atoms with van der Waals surface area (Å²) in [6, 6.07) is 10.3. The molecular formula is C16H14N2OS2. The van der Waals surface area contributed by atoms with Gasteiger partial charge >= 0.3 is 0 Å². The molecule has 1 fully saturated rings. The Morgan fingerprint density at radius 1 is 1.24 bits per heavy atom. The summed E-state index contributed by atoms with van der Waals surface area (Å²) in [4.78, 5) is 4.70. The van der Waals surface area contributed by atoms with Gasteiger partial charge < -0.3 is 4.52 Å². The monoisotopic (exact) mass is 314 g/mol. The topological polar surface area (TPSA) is 38.9 Å². The van der Waals surface area contributed by atoms with Crippen LogP contribution in [0.15, 0.2) is 50.8 Å². The van der Waals surface area contributed by atoms with Gasteiger partial charge in [0, 0.05) is 28.2 Å². The molecule has 2 aromatic heterocycles. The molecule has 1 aliphatic rings. The largest absolute Gasteiger partial charge is 0.361 e. The Morgan fingerprint density at radius 2 is 2.10 bits per heavy atom. The maximum absolute atomic E-state index is 5.37. The summed E-state index contributed by atoms with van der Waals surface area (Å²) in [5.41, 5.74) is 3.44. The van der Waals surface area contributed by atoms with Gasteiger partial charge in [0.2, 0.25) is 0 Å². The molecule has 3 aromatic rings. The number of hydrogen-bond acceptors (Lipinski definition) is 5. The average Bonchev–Trinajstić information content (AvgIpc) is 3.09. The third-order valence-electron chi connectivity index (χ3n) is 3.53. The van der Waals surface area contributed by atoms with Crippen molar-refractivity contribution in [3.8, 4) is 11.3 Å². The summed E-state index contributed by atoms with van der Waals surface area (Å²) in [6.45, 7) is 0. The third kappa shape index (κ3) is 2.89. The zero-order valence-corrected chi connectivity index (χ0v) is 13.0. The van der Waals surface area contributed by atoms with Crippen LogP contribution in [0.3, 0.4) is 0 Å². The molecule has 1 aliphatic carbocycles. The van der Waals surface area contributed by atoms with Crippen LogP contribution in [-0.2, 0) is 5.75 Å². The minimum atomic E-state index is 0.610. The molecule has 0 amide bonds. The van der Waals surface area contributed by atoms with Gasteiger partial charge in [-0.15, -0.1) is 11.3 Å². The van der Waals surface area contributed by atoms with Crippen LogP contribution in [0, 0.1) is 0 Å². The predicted molar refractivity (Wildman–Crippen MR) is 85.6 cm³/mol. The van der Waals surface area contributed by atoms with Gasteiger partial charge in [-0.1, -0.05) is 47.3 Å². The summed E-state index contributed by atoms with van der Waals surface area (Å²) < 4.78 is 6.47. The van der Waals surface area contributed by atoms with Crippen molar-refractivity contribution >= 4 is 23.1 Å². The minimum Gasteiger partial charge on any atom is -0.361 e. The van der Waals surface area contributed by atoms with E-state index in [1.54, 1.807) is 23.1 Å². The zero-order chi connectivity index (χ0) is 14.1. The Morgan fingerprint density at radius 3 is 2.90 bits per heavy atom. The van der Waals surface area contributed by atoms with E-state index in [9.17, 15) is 0 Å². The van der Waals surface area contributed by atoms with Crippen molar-refractivity contribution in [1.29, 1.82) is 0 Å². The molecule has 1 aromatic carbocycles. The van der Waals surface area contributed by atoms with Crippen molar-refractivity contribution in [2.75, 3.05) is 0 Å². The van der Waals surface area contributed by atoms with E-state index in [4.69, 9.17) is 9.51 Å². The molecule has 3 nitrogen and oxygen atoms in total. The smallest absolute Gasteiger partial charge is 0.150 e. The van der Waals surface area contributed by atoms with Crippen LogP contribution in [0.4, 0.5) is 0 Å². The van der Waals surface area contributed by atoms with Gasteiger partial charge in [-0.3, -0.25) is 0 Å². The van der Waals surface area contributed by atoms with Crippen molar-refractivity contribution in [2.45, 2.75) is 28.9 Å². The maximum atomic E-state index is 5.37. The fourth-order valence-corrected chi connectivity index (χ4v) is 4.07. The van der Waals surface area contributed by atoms with Gasteiger partial charge in [-0.05, 0) is 12.8 Å². The number of benzene rings is 1. The van der Waals surface area contributed by atoms with E-state index in [1.807, 2.05) is 24.4 Å². The van der Waals surface area contributed by atoms with Crippen LogP contribution in [0.1, 0.15) is 30.1 Å². The summed E-state index contributed by atoms with van der Waals surface area (Å²) >= 11 is 3.46. The Hall–Kier alpha value is -1.59. The van der Waals surface area contributed by atoms with E-state index in [-0.39, 0.29) is 0 Å². The van der Waals surface area contributed by atoms with Gasteiger partial charge in [-0.25, -0.2) is 4.98 Å². The number of rotatable bonds is 5. The number of thiazole rings is 1.